The Morgan fingerprint density at radius 1 is 1.21 bits per heavy atom. The minimum atomic E-state index is 0.337. The molecule has 2 fully saturated rings. The van der Waals surface area contributed by atoms with Gasteiger partial charge in [-0.2, -0.15) is 0 Å². The third kappa shape index (κ3) is 2.96. The van der Waals surface area contributed by atoms with E-state index in [0.29, 0.717) is 12.6 Å². The molecule has 0 amide bonds. The minimum Gasteiger partial charge on any atom is -0.396 e. The molecule has 2 aliphatic rings. The lowest BCUT2D eigenvalue weighted by Gasteiger charge is -2.23. The summed E-state index contributed by atoms with van der Waals surface area (Å²) in [7, 11) is 0. The fraction of sp³-hybridized carbons (Fsp3) is 1.00. The zero-order valence-corrected chi connectivity index (χ0v) is 9.21. The SMILES string of the molecule is CC(CCCO)NC(C1CC1)C1CC1. The minimum absolute atomic E-state index is 0.337. The molecule has 0 radical (unpaired) electrons. The smallest absolute Gasteiger partial charge is 0.0431 e. The molecule has 14 heavy (non-hydrogen) atoms. The van der Waals surface area contributed by atoms with Crippen LogP contribution in [0.2, 0.25) is 0 Å². The molecule has 0 aromatic carbocycles. The normalized spacial score (nSPS) is 24.2. The van der Waals surface area contributed by atoms with E-state index in [2.05, 4.69) is 12.2 Å². The van der Waals surface area contributed by atoms with Gasteiger partial charge in [-0.15, -0.1) is 0 Å². The van der Waals surface area contributed by atoms with Gasteiger partial charge in [0.2, 0.25) is 0 Å². The Morgan fingerprint density at radius 2 is 1.79 bits per heavy atom. The van der Waals surface area contributed by atoms with E-state index < -0.39 is 0 Å². The molecule has 0 saturated heterocycles. The number of rotatable bonds is 7. The molecule has 1 atom stereocenters. The average molecular weight is 197 g/mol. The van der Waals surface area contributed by atoms with Crippen LogP contribution in [0.5, 0.6) is 0 Å². The molecule has 2 saturated carbocycles. The van der Waals surface area contributed by atoms with Crippen molar-refractivity contribution in [3.8, 4) is 0 Å². The fourth-order valence-electron chi connectivity index (χ4n) is 2.38. The van der Waals surface area contributed by atoms with E-state index in [1.165, 1.54) is 25.7 Å². The van der Waals surface area contributed by atoms with Gasteiger partial charge in [0.25, 0.3) is 0 Å². The van der Waals surface area contributed by atoms with Crippen LogP contribution >= 0.6 is 0 Å². The molecule has 1 unspecified atom stereocenters. The molecule has 2 N–H and O–H groups in total. The topological polar surface area (TPSA) is 32.3 Å². The number of hydrogen-bond donors (Lipinski definition) is 2. The van der Waals surface area contributed by atoms with Gasteiger partial charge in [-0.1, -0.05) is 0 Å². The van der Waals surface area contributed by atoms with Crippen LogP contribution in [0.4, 0.5) is 0 Å². The quantitative estimate of drug-likeness (QED) is 0.653. The van der Waals surface area contributed by atoms with Crippen LogP contribution in [0, 0.1) is 11.8 Å². The van der Waals surface area contributed by atoms with Gasteiger partial charge in [0.05, 0.1) is 0 Å². The molecular weight excluding hydrogens is 174 g/mol. The molecule has 0 aliphatic heterocycles. The standard InChI is InChI=1S/C12H23NO/c1-9(3-2-8-14)13-12(10-4-5-10)11-6-7-11/h9-14H,2-8H2,1H3. The molecular formula is C12H23NO. The van der Waals surface area contributed by atoms with Crippen molar-refractivity contribution in [2.75, 3.05) is 6.61 Å². The predicted octanol–water partition coefficient (Wildman–Crippen LogP) is 1.93. The first-order chi connectivity index (χ1) is 6.81. The zero-order chi connectivity index (χ0) is 9.97. The summed E-state index contributed by atoms with van der Waals surface area (Å²) >= 11 is 0. The maximum absolute atomic E-state index is 8.76. The van der Waals surface area contributed by atoms with Crippen LogP contribution in [-0.2, 0) is 0 Å². The third-order valence-corrected chi connectivity index (χ3v) is 3.53. The largest absolute Gasteiger partial charge is 0.396 e. The lowest BCUT2D eigenvalue weighted by Crippen LogP contribution is -2.39. The molecule has 2 aliphatic carbocycles. The van der Waals surface area contributed by atoms with Crippen molar-refractivity contribution in [2.45, 2.75) is 57.5 Å². The number of aliphatic hydroxyl groups is 1. The fourth-order valence-corrected chi connectivity index (χ4v) is 2.38. The second kappa shape index (κ2) is 4.63. The summed E-state index contributed by atoms with van der Waals surface area (Å²) in [5.74, 6) is 1.97. The number of aliphatic hydroxyl groups excluding tert-OH is 1. The van der Waals surface area contributed by atoms with E-state index in [4.69, 9.17) is 5.11 Å². The van der Waals surface area contributed by atoms with E-state index in [0.717, 1.165) is 30.7 Å². The lowest BCUT2D eigenvalue weighted by atomic mass is 10.0. The van der Waals surface area contributed by atoms with Gasteiger partial charge in [-0.05, 0) is 57.3 Å². The Balaban J connectivity index is 1.69. The van der Waals surface area contributed by atoms with Crippen molar-refractivity contribution < 1.29 is 5.11 Å². The Hall–Kier alpha value is -0.0800. The molecule has 2 heteroatoms. The average Bonchev–Trinajstić information content (AvgIpc) is 3.04. The summed E-state index contributed by atoms with van der Waals surface area (Å²) in [6.45, 7) is 2.59. The van der Waals surface area contributed by atoms with E-state index in [-0.39, 0.29) is 0 Å². The van der Waals surface area contributed by atoms with Gasteiger partial charge in [-0.3, -0.25) is 0 Å². The first-order valence-corrected chi connectivity index (χ1v) is 6.18. The zero-order valence-electron chi connectivity index (χ0n) is 9.21. The van der Waals surface area contributed by atoms with E-state index in [1.807, 2.05) is 0 Å². The summed E-state index contributed by atoms with van der Waals surface area (Å²) in [5, 5.41) is 12.5. The Bertz CT molecular complexity index is 163. The van der Waals surface area contributed by atoms with Gasteiger partial charge < -0.3 is 10.4 Å². The summed E-state index contributed by atoms with van der Waals surface area (Å²) in [6, 6.07) is 1.40. The van der Waals surface area contributed by atoms with Crippen molar-refractivity contribution in [3.05, 3.63) is 0 Å². The second-order valence-electron chi connectivity index (χ2n) is 5.13. The van der Waals surface area contributed by atoms with Crippen molar-refractivity contribution in [1.82, 2.24) is 5.32 Å². The van der Waals surface area contributed by atoms with Crippen molar-refractivity contribution >= 4 is 0 Å². The second-order valence-corrected chi connectivity index (χ2v) is 5.13. The first kappa shape index (κ1) is 10.4. The Kier molecular flexibility index (Phi) is 3.45. The van der Waals surface area contributed by atoms with E-state index in [9.17, 15) is 0 Å². The van der Waals surface area contributed by atoms with Gasteiger partial charge in [-0.25, -0.2) is 0 Å². The van der Waals surface area contributed by atoms with Crippen molar-refractivity contribution in [1.29, 1.82) is 0 Å². The van der Waals surface area contributed by atoms with E-state index >= 15 is 0 Å². The van der Waals surface area contributed by atoms with Crippen LogP contribution in [0.1, 0.15) is 45.4 Å². The number of nitrogens with one attached hydrogen (secondary N) is 1. The van der Waals surface area contributed by atoms with Crippen LogP contribution in [0.3, 0.4) is 0 Å². The maximum atomic E-state index is 8.76. The third-order valence-electron chi connectivity index (χ3n) is 3.53. The van der Waals surface area contributed by atoms with Crippen LogP contribution in [-0.4, -0.2) is 23.8 Å². The lowest BCUT2D eigenvalue weighted by molar-refractivity contribution is 0.269. The summed E-state index contributed by atoms with van der Waals surface area (Å²) in [4.78, 5) is 0. The highest BCUT2D eigenvalue weighted by atomic mass is 16.2. The van der Waals surface area contributed by atoms with Gasteiger partial charge in [0, 0.05) is 18.7 Å². The highest BCUT2D eigenvalue weighted by molar-refractivity contribution is 4.97. The van der Waals surface area contributed by atoms with Gasteiger partial charge in [0.15, 0.2) is 0 Å². The summed E-state index contributed by atoms with van der Waals surface area (Å²) in [6.07, 6.45) is 7.84. The monoisotopic (exact) mass is 197 g/mol. The highest BCUT2D eigenvalue weighted by Gasteiger charge is 2.41. The Labute approximate surface area is 87.1 Å². The van der Waals surface area contributed by atoms with Crippen LogP contribution in [0.15, 0.2) is 0 Å². The highest BCUT2D eigenvalue weighted by Crippen LogP contribution is 2.44. The van der Waals surface area contributed by atoms with Crippen molar-refractivity contribution in [2.24, 2.45) is 11.8 Å². The van der Waals surface area contributed by atoms with Gasteiger partial charge in [0.1, 0.15) is 0 Å². The molecule has 2 rings (SSSR count). The molecule has 0 aromatic rings. The Morgan fingerprint density at radius 3 is 2.21 bits per heavy atom. The molecule has 2 nitrogen and oxygen atoms in total. The molecule has 82 valence electrons. The summed E-state index contributed by atoms with van der Waals surface area (Å²) < 4.78 is 0. The molecule has 0 heterocycles. The predicted molar refractivity (Wildman–Crippen MR) is 58.2 cm³/mol. The summed E-state index contributed by atoms with van der Waals surface area (Å²) in [5.41, 5.74) is 0. The van der Waals surface area contributed by atoms with Crippen LogP contribution < -0.4 is 5.32 Å². The van der Waals surface area contributed by atoms with Crippen molar-refractivity contribution in [3.63, 3.8) is 0 Å². The first-order valence-electron chi connectivity index (χ1n) is 6.18. The number of hydrogen-bond acceptors (Lipinski definition) is 2. The van der Waals surface area contributed by atoms with E-state index in [1.54, 1.807) is 0 Å². The maximum Gasteiger partial charge on any atom is 0.0431 e. The molecule has 0 aromatic heterocycles. The molecule has 0 spiro atoms. The van der Waals surface area contributed by atoms with Gasteiger partial charge >= 0.3 is 0 Å². The molecule has 0 bridgehead atoms. The van der Waals surface area contributed by atoms with Crippen LogP contribution in [0.25, 0.3) is 0 Å².